The number of halogens is 3. The predicted molar refractivity (Wildman–Crippen MR) is 137 cm³/mol. The Morgan fingerprint density at radius 3 is 2.39 bits per heavy atom. The van der Waals surface area contributed by atoms with Crippen molar-refractivity contribution in [1.82, 2.24) is 14.9 Å². The van der Waals surface area contributed by atoms with E-state index in [-0.39, 0.29) is 54.1 Å². The van der Waals surface area contributed by atoms with Crippen molar-refractivity contribution in [2.75, 3.05) is 43.5 Å². The molecule has 0 bridgehead atoms. The van der Waals surface area contributed by atoms with Gasteiger partial charge in [0.15, 0.2) is 0 Å². The highest BCUT2D eigenvalue weighted by Gasteiger charge is 2.40. The van der Waals surface area contributed by atoms with Crippen LogP contribution < -0.4 is 10.6 Å². The molecule has 0 radical (unpaired) electrons. The number of ketones is 1. The van der Waals surface area contributed by atoms with Crippen molar-refractivity contribution in [3.05, 3.63) is 41.7 Å². The molecule has 2 aromatic rings. The first kappa shape index (κ1) is 28.0. The Bertz CT molecular complexity index is 1120. The third-order valence-corrected chi connectivity index (χ3v) is 6.96. The minimum Gasteiger partial charge on any atom is -0.379 e. The van der Waals surface area contributed by atoms with Crippen molar-refractivity contribution < 1.29 is 27.5 Å². The van der Waals surface area contributed by atoms with E-state index in [1.807, 2.05) is 18.7 Å². The second-order valence-electron chi connectivity index (χ2n) is 10.4. The highest BCUT2D eigenvalue weighted by molar-refractivity contribution is 5.92. The molecule has 1 amide bonds. The average Bonchev–Trinajstić information content (AvgIpc) is 2.82. The zero-order valence-electron chi connectivity index (χ0n) is 21.7. The van der Waals surface area contributed by atoms with E-state index in [1.54, 1.807) is 24.3 Å². The average molecular weight is 534 g/mol. The largest absolute Gasteiger partial charge is 0.419 e. The van der Waals surface area contributed by atoms with Crippen molar-refractivity contribution in [3.8, 4) is 0 Å². The maximum absolute atomic E-state index is 13.7. The molecular formula is C27H34F3N5O3. The minimum absolute atomic E-state index is 0.0430. The van der Waals surface area contributed by atoms with Crippen LogP contribution >= 0.6 is 0 Å². The summed E-state index contributed by atoms with van der Waals surface area (Å²) in [5.41, 5.74) is 0.192. The lowest BCUT2D eigenvalue weighted by molar-refractivity contribution is -0.139. The van der Waals surface area contributed by atoms with Gasteiger partial charge < -0.3 is 15.4 Å². The Hall–Kier alpha value is -3.05. The lowest BCUT2D eigenvalue weighted by Crippen LogP contribution is -2.41. The number of nitrogens with zero attached hydrogens (tertiary/aromatic N) is 3. The lowest BCUT2D eigenvalue weighted by atomic mass is 9.68. The van der Waals surface area contributed by atoms with Gasteiger partial charge in [0.05, 0.1) is 31.0 Å². The molecule has 1 saturated heterocycles. The molecule has 2 heterocycles. The van der Waals surface area contributed by atoms with Crippen LogP contribution in [0.15, 0.2) is 30.5 Å². The molecule has 0 spiro atoms. The van der Waals surface area contributed by atoms with Gasteiger partial charge in [0.1, 0.15) is 5.78 Å². The van der Waals surface area contributed by atoms with Crippen molar-refractivity contribution in [2.45, 2.75) is 45.7 Å². The van der Waals surface area contributed by atoms with E-state index in [4.69, 9.17) is 4.74 Å². The van der Waals surface area contributed by atoms with Gasteiger partial charge in [0.2, 0.25) is 11.9 Å². The molecule has 1 aliphatic carbocycles. The molecule has 1 aromatic carbocycles. The molecule has 4 rings (SSSR count). The molecule has 2 aliphatic rings. The first-order chi connectivity index (χ1) is 18.1. The fraction of sp³-hybridized carbons (Fsp3) is 0.556. The molecular weight excluding hydrogens is 499 g/mol. The van der Waals surface area contributed by atoms with Crippen LogP contribution in [-0.2, 0) is 26.9 Å². The molecule has 206 valence electrons. The van der Waals surface area contributed by atoms with Gasteiger partial charge in [-0.05, 0) is 55.4 Å². The van der Waals surface area contributed by atoms with E-state index in [1.165, 1.54) is 0 Å². The summed E-state index contributed by atoms with van der Waals surface area (Å²) in [6, 6.07) is 6.78. The van der Waals surface area contributed by atoms with Crippen LogP contribution in [0.5, 0.6) is 0 Å². The van der Waals surface area contributed by atoms with Gasteiger partial charge in [-0.1, -0.05) is 13.8 Å². The third kappa shape index (κ3) is 7.50. The van der Waals surface area contributed by atoms with Gasteiger partial charge in [-0.3, -0.25) is 14.5 Å². The Morgan fingerprint density at radius 1 is 1.11 bits per heavy atom. The summed E-state index contributed by atoms with van der Waals surface area (Å²) in [5.74, 6) is -0.115. The highest BCUT2D eigenvalue weighted by Crippen LogP contribution is 2.41. The van der Waals surface area contributed by atoms with E-state index in [9.17, 15) is 22.8 Å². The smallest absolute Gasteiger partial charge is 0.379 e. The molecule has 2 N–H and O–H groups in total. The van der Waals surface area contributed by atoms with Crippen LogP contribution in [0.25, 0.3) is 0 Å². The summed E-state index contributed by atoms with van der Waals surface area (Å²) in [5, 5.41) is 5.79. The van der Waals surface area contributed by atoms with Crippen molar-refractivity contribution in [3.63, 3.8) is 0 Å². The number of rotatable bonds is 10. The number of alkyl halides is 3. The number of nitrogens with one attached hydrogen (secondary N) is 2. The predicted octanol–water partition coefficient (Wildman–Crippen LogP) is 4.69. The lowest BCUT2D eigenvalue weighted by Gasteiger charge is -2.36. The van der Waals surface area contributed by atoms with Crippen LogP contribution in [0.3, 0.4) is 0 Å². The molecule has 1 aliphatic heterocycles. The summed E-state index contributed by atoms with van der Waals surface area (Å²) in [6.45, 7) is 6.83. The number of Topliss-reactive ketones (excluding diaryl/α,β-unsaturated/α-hetero) is 1. The first-order valence-electron chi connectivity index (χ1n) is 13.0. The van der Waals surface area contributed by atoms with Gasteiger partial charge in [0, 0.05) is 43.0 Å². The van der Waals surface area contributed by atoms with Crippen molar-refractivity contribution in [2.24, 2.45) is 17.8 Å². The third-order valence-electron chi connectivity index (χ3n) is 6.96. The number of ether oxygens (including phenoxy) is 1. The zero-order chi connectivity index (χ0) is 27.3. The highest BCUT2D eigenvalue weighted by atomic mass is 19.4. The number of hydrogen-bond acceptors (Lipinski definition) is 7. The standard InChI is InChI=1S/C27H34F3N5O3/c1-17(2)13-24(36)21-8-3-18(21)14-23-22(27(28,29)30)15-31-26(34-23)33-20-6-4-19(5-7-20)32-25(37)16-35-9-11-38-12-10-35/h4-7,15,17-18,21H,3,8-14,16H2,1-2H3,(H,32,37)(H,31,33,34)/t18-,21-/m0/s1. The molecule has 38 heavy (non-hydrogen) atoms. The van der Waals surface area contributed by atoms with Crippen LogP contribution in [-0.4, -0.2) is 59.4 Å². The zero-order valence-corrected chi connectivity index (χ0v) is 21.7. The maximum Gasteiger partial charge on any atom is 0.419 e. The molecule has 1 saturated carbocycles. The normalized spacial score (nSPS) is 20.2. The van der Waals surface area contributed by atoms with E-state index in [2.05, 4.69) is 20.6 Å². The summed E-state index contributed by atoms with van der Waals surface area (Å²) in [4.78, 5) is 34.9. The molecule has 2 atom stereocenters. The molecule has 11 heteroatoms. The number of hydrogen-bond donors (Lipinski definition) is 2. The van der Waals surface area contributed by atoms with Crippen molar-refractivity contribution in [1.29, 1.82) is 0 Å². The number of anilines is 3. The number of benzene rings is 1. The summed E-state index contributed by atoms with van der Waals surface area (Å²) in [7, 11) is 0. The topological polar surface area (TPSA) is 96.5 Å². The van der Waals surface area contributed by atoms with E-state index in [0.717, 1.165) is 6.20 Å². The van der Waals surface area contributed by atoms with Gasteiger partial charge in [0.25, 0.3) is 0 Å². The maximum atomic E-state index is 13.7. The molecule has 8 nitrogen and oxygen atoms in total. The van der Waals surface area contributed by atoms with Crippen LogP contribution in [0.2, 0.25) is 0 Å². The quantitative estimate of drug-likeness (QED) is 0.457. The van der Waals surface area contributed by atoms with E-state index in [0.29, 0.717) is 56.9 Å². The van der Waals surface area contributed by atoms with Crippen LogP contribution in [0.4, 0.5) is 30.5 Å². The number of aromatic nitrogens is 2. The Balaban J connectivity index is 1.40. The van der Waals surface area contributed by atoms with Gasteiger partial charge in [-0.15, -0.1) is 0 Å². The Labute approximate surface area is 220 Å². The van der Waals surface area contributed by atoms with E-state index >= 15 is 0 Å². The summed E-state index contributed by atoms with van der Waals surface area (Å²) >= 11 is 0. The monoisotopic (exact) mass is 533 g/mol. The van der Waals surface area contributed by atoms with E-state index < -0.39 is 11.7 Å². The van der Waals surface area contributed by atoms with Crippen LogP contribution in [0.1, 0.15) is 44.4 Å². The second-order valence-corrected chi connectivity index (χ2v) is 10.4. The van der Waals surface area contributed by atoms with Crippen molar-refractivity contribution >= 4 is 29.0 Å². The molecule has 1 aromatic heterocycles. The van der Waals surface area contributed by atoms with Gasteiger partial charge >= 0.3 is 6.18 Å². The fourth-order valence-electron chi connectivity index (χ4n) is 4.84. The number of carbonyl (C=O) groups is 2. The van der Waals surface area contributed by atoms with Gasteiger partial charge in [-0.25, -0.2) is 9.97 Å². The molecule has 0 unspecified atom stereocenters. The summed E-state index contributed by atoms with van der Waals surface area (Å²) in [6.07, 6.45) is -1.85. The molecule has 2 fully saturated rings. The number of morpholine rings is 1. The Kier molecular flexibility index (Phi) is 8.99. The minimum atomic E-state index is -4.59. The first-order valence-corrected chi connectivity index (χ1v) is 13.0. The number of amides is 1. The number of carbonyl (C=O) groups excluding carboxylic acids is 2. The van der Waals surface area contributed by atoms with Gasteiger partial charge in [-0.2, -0.15) is 13.2 Å². The SMILES string of the molecule is CC(C)CC(=O)[C@H]1CC[C@H]1Cc1nc(Nc2ccc(NC(=O)CN3CCOCC3)cc2)ncc1C(F)(F)F. The van der Waals surface area contributed by atoms with Crippen LogP contribution in [0, 0.1) is 17.8 Å². The summed E-state index contributed by atoms with van der Waals surface area (Å²) < 4.78 is 46.4. The second kappa shape index (κ2) is 12.2. The fourth-order valence-corrected chi connectivity index (χ4v) is 4.84. The Morgan fingerprint density at radius 2 is 1.79 bits per heavy atom.